The molecule has 13 heteroatoms. The van der Waals surface area contributed by atoms with E-state index in [4.69, 9.17) is 9.47 Å². The Kier molecular flexibility index (Phi) is 9.25. The van der Waals surface area contributed by atoms with Crippen LogP contribution in [-0.4, -0.2) is 60.5 Å². The number of amides is 2. The summed E-state index contributed by atoms with van der Waals surface area (Å²) in [7, 11) is 2.31. The number of hydrogen-bond acceptors (Lipinski definition) is 9. The molecule has 40 heavy (non-hydrogen) atoms. The van der Waals surface area contributed by atoms with E-state index in [1.165, 1.54) is 18.2 Å². The number of nitrogens with zero attached hydrogens (tertiary/aromatic N) is 1. The SMILES string of the molecule is COC(=O)c1cc(NC(=O)C(CNC(=O)c2ccc([N+](=O)[O-])cc2C(=O)O)c2ccccc2)cc(C(=O)OC)c1. The number of rotatable bonds is 10. The van der Waals surface area contributed by atoms with Crippen LogP contribution in [-0.2, 0) is 14.3 Å². The van der Waals surface area contributed by atoms with Crippen molar-refractivity contribution in [2.45, 2.75) is 5.92 Å². The summed E-state index contributed by atoms with van der Waals surface area (Å²) >= 11 is 0. The second kappa shape index (κ2) is 12.8. The van der Waals surface area contributed by atoms with Gasteiger partial charge in [-0.1, -0.05) is 30.3 Å². The molecule has 0 heterocycles. The van der Waals surface area contributed by atoms with Crippen LogP contribution in [0, 0.1) is 10.1 Å². The zero-order valence-electron chi connectivity index (χ0n) is 21.2. The first-order valence-corrected chi connectivity index (χ1v) is 11.5. The zero-order chi connectivity index (χ0) is 29.4. The standard InChI is InChI=1S/C27H23N3O10/c1-39-26(35)16-10-17(27(36)40-2)12-18(11-16)29-24(32)22(15-6-4-3-5-7-15)14-28-23(31)20-9-8-19(30(37)38)13-21(20)25(33)34/h3-13,22H,14H2,1-2H3,(H,28,31)(H,29,32)(H,33,34). The van der Waals surface area contributed by atoms with Gasteiger partial charge in [0.25, 0.3) is 11.6 Å². The highest BCUT2D eigenvalue weighted by Crippen LogP contribution is 2.22. The van der Waals surface area contributed by atoms with E-state index in [9.17, 15) is 39.2 Å². The maximum atomic E-state index is 13.4. The lowest BCUT2D eigenvalue weighted by Crippen LogP contribution is -2.35. The number of non-ortho nitro benzene ring substituents is 1. The monoisotopic (exact) mass is 549 g/mol. The Morgan fingerprint density at radius 2 is 1.48 bits per heavy atom. The van der Waals surface area contributed by atoms with Crippen molar-refractivity contribution in [2.24, 2.45) is 0 Å². The number of esters is 2. The molecule has 0 aromatic heterocycles. The van der Waals surface area contributed by atoms with Crippen LogP contribution in [0.5, 0.6) is 0 Å². The fourth-order valence-electron chi connectivity index (χ4n) is 3.76. The number of hydrogen-bond donors (Lipinski definition) is 3. The van der Waals surface area contributed by atoms with Gasteiger partial charge in [-0.05, 0) is 29.8 Å². The molecule has 1 atom stereocenters. The van der Waals surface area contributed by atoms with Gasteiger partial charge in [0.2, 0.25) is 5.91 Å². The molecule has 3 aromatic rings. The van der Waals surface area contributed by atoms with E-state index in [0.29, 0.717) is 5.56 Å². The van der Waals surface area contributed by atoms with E-state index in [1.54, 1.807) is 30.3 Å². The molecule has 0 aliphatic rings. The molecule has 0 bridgehead atoms. The molecular weight excluding hydrogens is 526 g/mol. The average Bonchev–Trinajstić information content (AvgIpc) is 2.96. The average molecular weight is 549 g/mol. The minimum atomic E-state index is -1.54. The lowest BCUT2D eigenvalue weighted by Gasteiger charge is -2.19. The first-order chi connectivity index (χ1) is 19.0. The van der Waals surface area contributed by atoms with Gasteiger partial charge >= 0.3 is 17.9 Å². The van der Waals surface area contributed by atoms with Crippen LogP contribution in [0.1, 0.15) is 52.9 Å². The normalized spacial score (nSPS) is 11.1. The van der Waals surface area contributed by atoms with E-state index in [2.05, 4.69) is 10.6 Å². The molecular formula is C27H23N3O10. The van der Waals surface area contributed by atoms with Crippen LogP contribution in [0.2, 0.25) is 0 Å². The molecule has 3 N–H and O–H groups in total. The number of nitro groups is 1. The predicted molar refractivity (Wildman–Crippen MR) is 139 cm³/mol. The summed E-state index contributed by atoms with van der Waals surface area (Å²) in [6.45, 7) is -0.300. The molecule has 13 nitrogen and oxygen atoms in total. The Morgan fingerprint density at radius 3 is 2.00 bits per heavy atom. The zero-order valence-corrected chi connectivity index (χ0v) is 21.2. The number of aromatic carboxylic acids is 1. The number of carbonyl (C=O) groups is 5. The Labute approximate surface area is 226 Å². The molecule has 1 unspecified atom stereocenters. The van der Waals surface area contributed by atoms with Crippen LogP contribution < -0.4 is 10.6 Å². The first kappa shape index (κ1) is 29.0. The van der Waals surface area contributed by atoms with Crippen LogP contribution in [0.25, 0.3) is 0 Å². The number of ether oxygens (including phenoxy) is 2. The molecule has 2 amide bonds. The second-order valence-electron chi connectivity index (χ2n) is 8.24. The van der Waals surface area contributed by atoms with Gasteiger partial charge in [-0.3, -0.25) is 19.7 Å². The van der Waals surface area contributed by atoms with E-state index in [-0.39, 0.29) is 28.9 Å². The van der Waals surface area contributed by atoms with E-state index in [1.807, 2.05) is 0 Å². The molecule has 206 valence electrons. The largest absolute Gasteiger partial charge is 0.478 e. The lowest BCUT2D eigenvalue weighted by molar-refractivity contribution is -0.384. The minimum absolute atomic E-state index is 0.0235. The summed E-state index contributed by atoms with van der Waals surface area (Å²) in [4.78, 5) is 72.4. The van der Waals surface area contributed by atoms with E-state index < -0.39 is 51.8 Å². The third-order valence-corrected chi connectivity index (χ3v) is 5.72. The third-order valence-electron chi connectivity index (χ3n) is 5.72. The van der Waals surface area contributed by atoms with Crippen molar-refractivity contribution in [2.75, 3.05) is 26.1 Å². The Balaban J connectivity index is 1.90. The van der Waals surface area contributed by atoms with Crippen molar-refractivity contribution in [1.29, 1.82) is 0 Å². The van der Waals surface area contributed by atoms with Gasteiger partial charge in [-0.2, -0.15) is 0 Å². The van der Waals surface area contributed by atoms with Crippen molar-refractivity contribution >= 4 is 41.1 Å². The topological polar surface area (TPSA) is 191 Å². The molecule has 0 spiro atoms. The molecule has 0 aliphatic heterocycles. The Hall–Kier alpha value is -5.59. The predicted octanol–water partition coefficient (Wildman–Crippen LogP) is 3.02. The summed E-state index contributed by atoms with van der Waals surface area (Å²) in [5, 5.41) is 25.6. The van der Waals surface area contributed by atoms with Gasteiger partial charge in [0.05, 0.1) is 47.3 Å². The van der Waals surface area contributed by atoms with Crippen molar-refractivity contribution in [1.82, 2.24) is 5.32 Å². The number of carboxylic acid groups (broad SMARTS) is 1. The highest BCUT2D eigenvalue weighted by molar-refractivity contribution is 6.06. The fraction of sp³-hybridized carbons (Fsp3) is 0.148. The number of benzene rings is 3. The van der Waals surface area contributed by atoms with Gasteiger partial charge < -0.3 is 25.2 Å². The first-order valence-electron chi connectivity index (χ1n) is 11.5. The summed E-state index contributed by atoms with van der Waals surface area (Å²) in [6, 6.07) is 14.9. The van der Waals surface area contributed by atoms with Gasteiger partial charge in [-0.25, -0.2) is 14.4 Å². The van der Waals surface area contributed by atoms with Gasteiger partial charge in [0, 0.05) is 24.4 Å². The summed E-state index contributed by atoms with van der Waals surface area (Å²) in [5.41, 5.74) is -0.907. The summed E-state index contributed by atoms with van der Waals surface area (Å²) < 4.78 is 9.41. The highest BCUT2D eigenvalue weighted by atomic mass is 16.6. The molecule has 0 aliphatic carbocycles. The molecule has 0 saturated carbocycles. The summed E-state index contributed by atoms with van der Waals surface area (Å²) in [6.07, 6.45) is 0. The van der Waals surface area contributed by atoms with Gasteiger partial charge in [0.15, 0.2) is 0 Å². The number of nitrogens with one attached hydrogen (secondary N) is 2. The smallest absolute Gasteiger partial charge is 0.337 e. The highest BCUT2D eigenvalue weighted by Gasteiger charge is 2.25. The van der Waals surface area contributed by atoms with Crippen LogP contribution >= 0.6 is 0 Å². The number of methoxy groups -OCH3 is 2. The third kappa shape index (κ3) is 6.83. The van der Waals surface area contributed by atoms with E-state index in [0.717, 1.165) is 32.4 Å². The Bertz CT molecular complexity index is 1450. The number of carbonyl (C=O) groups excluding carboxylic acids is 4. The van der Waals surface area contributed by atoms with Crippen molar-refractivity contribution in [3.8, 4) is 0 Å². The maximum Gasteiger partial charge on any atom is 0.337 e. The van der Waals surface area contributed by atoms with Gasteiger partial charge in [-0.15, -0.1) is 0 Å². The van der Waals surface area contributed by atoms with Crippen LogP contribution in [0.4, 0.5) is 11.4 Å². The maximum absolute atomic E-state index is 13.4. The van der Waals surface area contributed by atoms with Crippen molar-refractivity contribution < 1.29 is 43.5 Å². The number of nitro benzene ring substituents is 1. The minimum Gasteiger partial charge on any atom is -0.478 e. The fourth-order valence-corrected chi connectivity index (χ4v) is 3.76. The number of carboxylic acids is 1. The molecule has 0 radical (unpaired) electrons. The van der Waals surface area contributed by atoms with Crippen LogP contribution in [0.3, 0.4) is 0 Å². The molecule has 3 rings (SSSR count). The number of anilines is 1. The van der Waals surface area contributed by atoms with Crippen LogP contribution in [0.15, 0.2) is 66.7 Å². The molecule has 0 fully saturated rings. The quantitative estimate of drug-likeness (QED) is 0.192. The Morgan fingerprint density at radius 1 is 0.875 bits per heavy atom. The van der Waals surface area contributed by atoms with E-state index >= 15 is 0 Å². The summed E-state index contributed by atoms with van der Waals surface area (Å²) in [5.74, 6) is -5.58. The van der Waals surface area contributed by atoms with Crippen molar-refractivity contribution in [3.63, 3.8) is 0 Å². The van der Waals surface area contributed by atoms with Crippen molar-refractivity contribution in [3.05, 3.63) is 105 Å². The van der Waals surface area contributed by atoms with Gasteiger partial charge in [0.1, 0.15) is 0 Å². The lowest BCUT2D eigenvalue weighted by atomic mass is 9.97. The second-order valence-corrected chi connectivity index (χ2v) is 8.24. The molecule has 0 saturated heterocycles. The molecule has 3 aromatic carbocycles.